The van der Waals surface area contributed by atoms with Crippen LogP contribution in [0.25, 0.3) is 0 Å². The molecule has 2 rings (SSSR count). The third kappa shape index (κ3) is 1.25. The van der Waals surface area contributed by atoms with Crippen LogP contribution in [0.1, 0.15) is 32.6 Å². The molecule has 2 atom stereocenters. The Bertz CT molecular complexity index is 288. The van der Waals surface area contributed by atoms with Crippen LogP contribution in [0.2, 0.25) is 0 Å². The maximum absolute atomic E-state index is 11.6. The van der Waals surface area contributed by atoms with Gasteiger partial charge in [-0.1, -0.05) is 5.57 Å². The third-order valence-electron chi connectivity index (χ3n) is 3.36. The lowest BCUT2D eigenvalue weighted by Gasteiger charge is -2.25. The quantitative estimate of drug-likeness (QED) is 0.574. The highest BCUT2D eigenvalue weighted by atomic mass is 16.1. The summed E-state index contributed by atoms with van der Waals surface area (Å²) in [6.07, 6.45) is 4.40. The van der Waals surface area contributed by atoms with Crippen molar-refractivity contribution in [3.63, 3.8) is 0 Å². The third-order valence-corrected chi connectivity index (χ3v) is 3.36. The zero-order valence-electron chi connectivity index (χ0n) is 7.88. The van der Waals surface area contributed by atoms with Crippen molar-refractivity contribution >= 4 is 12.1 Å². The van der Waals surface area contributed by atoms with E-state index in [-0.39, 0.29) is 17.6 Å². The predicted molar refractivity (Wildman–Crippen MR) is 49.2 cm³/mol. The lowest BCUT2D eigenvalue weighted by molar-refractivity contribution is -0.119. The number of fused-ring (bicyclic) bond motifs is 1. The molecule has 0 saturated heterocycles. The van der Waals surface area contributed by atoms with Crippen molar-refractivity contribution < 1.29 is 9.59 Å². The second-order valence-corrected chi connectivity index (χ2v) is 4.10. The normalized spacial score (nSPS) is 33.5. The summed E-state index contributed by atoms with van der Waals surface area (Å²) in [6.45, 7) is 2.03. The van der Waals surface area contributed by atoms with E-state index in [0.29, 0.717) is 6.42 Å². The number of rotatable bonds is 1. The molecule has 2 nitrogen and oxygen atoms in total. The maximum atomic E-state index is 11.6. The minimum absolute atomic E-state index is 0.116. The molecule has 0 aromatic carbocycles. The molecule has 2 heteroatoms. The average Bonchev–Trinajstić information content (AvgIpc) is 2.50. The molecule has 0 aromatic rings. The molecule has 70 valence electrons. The number of aldehydes is 1. The zero-order chi connectivity index (χ0) is 9.42. The van der Waals surface area contributed by atoms with Crippen LogP contribution in [0.15, 0.2) is 11.1 Å². The molecule has 0 aliphatic heterocycles. The largest absolute Gasteiger partial charge is 0.303 e. The first-order valence-corrected chi connectivity index (χ1v) is 4.92. The van der Waals surface area contributed by atoms with Gasteiger partial charge in [0, 0.05) is 12.3 Å². The van der Waals surface area contributed by atoms with E-state index < -0.39 is 0 Å². The topological polar surface area (TPSA) is 34.1 Å². The molecule has 1 fully saturated rings. The summed E-state index contributed by atoms with van der Waals surface area (Å²) in [5.74, 6) is 0.669. The Morgan fingerprint density at radius 2 is 2.08 bits per heavy atom. The molecule has 0 N–H and O–H groups in total. The fourth-order valence-corrected chi connectivity index (χ4v) is 2.64. The summed E-state index contributed by atoms with van der Waals surface area (Å²) in [7, 11) is 0. The standard InChI is InChI=1S/C11H14O2/c1-7-2-4-9-8(6-12)3-5-10(13)11(7)9/h6,8-9H,2-5H2,1H3/t8-,9-/m1/s1. The van der Waals surface area contributed by atoms with E-state index in [2.05, 4.69) is 0 Å². The summed E-state index contributed by atoms with van der Waals surface area (Å²) in [5, 5.41) is 0. The summed E-state index contributed by atoms with van der Waals surface area (Å²) in [5.41, 5.74) is 2.21. The summed E-state index contributed by atoms with van der Waals surface area (Å²) in [4.78, 5) is 22.4. The van der Waals surface area contributed by atoms with Crippen molar-refractivity contribution in [2.24, 2.45) is 11.8 Å². The van der Waals surface area contributed by atoms with Gasteiger partial charge in [0.2, 0.25) is 0 Å². The number of hydrogen-bond donors (Lipinski definition) is 0. The van der Waals surface area contributed by atoms with Gasteiger partial charge in [-0.05, 0) is 37.7 Å². The Morgan fingerprint density at radius 1 is 1.31 bits per heavy atom. The molecule has 0 spiro atoms. The Kier molecular flexibility index (Phi) is 2.06. The Labute approximate surface area is 78.0 Å². The van der Waals surface area contributed by atoms with Gasteiger partial charge >= 0.3 is 0 Å². The van der Waals surface area contributed by atoms with E-state index in [1.54, 1.807) is 0 Å². The molecule has 0 aromatic heterocycles. The highest BCUT2D eigenvalue weighted by Gasteiger charge is 2.37. The van der Waals surface area contributed by atoms with Gasteiger partial charge < -0.3 is 4.79 Å². The van der Waals surface area contributed by atoms with E-state index in [4.69, 9.17) is 0 Å². The van der Waals surface area contributed by atoms with Crippen LogP contribution < -0.4 is 0 Å². The minimum Gasteiger partial charge on any atom is -0.303 e. The van der Waals surface area contributed by atoms with Gasteiger partial charge in [0.25, 0.3) is 0 Å². The number of hydrogen-bond acceptors (Lipinski definition) is 2. The minimum atomic E-state index is 0.116. The fraction of sp³-hybridized carbons (Fsp3) is 0.636. The van der Waals surface area contributed by atoms with Crippen LogP contribution in [0.3, 0.4) is 0 Å². The average molecular weight is 178 g/mol. The van der Waals surface area contributed by atoms with Crippen LogP contribution in [-0.2, 0) is 9.59 Å². The first-order valence-electron chi connectivity index (χ1n) is 4.92. The van der Waals surface area contributed by atoms with E-state index >= 15 is 0 Å². The van der Waals surface area contributed by atoms with Gasteiger partial charge in [0.05, 0.1) is 0 Å². The highest BCUT2D eigenvalue weighted by Crippen LogP contribution is 2.42. The lowest BCUT2D eigenvalue weighted by atomic mass is 9.76. The van der Waals surface area contributed by atoms with Crippen molar-refractivity contribution in [2.75, 3.05) is 0 Å². The molecule has 0 radical (unpaired) electrons. The van der Waals surface area contributed by atoms with Crippen molar-refractivity contribution in [1.82, 2.24) is 0 Å². The van der Waals surface area contributed by atoms with Crippen molar-refractivity contribution in [2.45, 2.75) is 32.6 Å². The number of carbonyl (C=O) groups excluding carboxylic acids is 2. The molecular formula is C11H14O2. The van der Waals surface area contributed by atoms with E-state index in [9.17, 15) is 9.59 Å². The van der Waals surface area contributed by atoms with E-state index in [0.717, 1.165) is 31.1 Å². The first-order chi connectivity index (χ1) is 6.24. The van der Waals surface area contributed by atoms with Gasteiger partial charge in [-0.3, -0.25) is 4.79 Å². The van der Waals surface area contributed by atoms with Crippen LogP contribution >= 0.6 is 0 Å². The molecule has 1 saturated carbocycles. The molecule has 0 amide bonds. The van der Waals surface area contributed by atoms with E-state index in [1.807, 2.05) is 6.92 Å². The fourth-order valence-electron chi connectivity index (χ4n) is 2.64. The molecular weight excluding hydrogens is 164 g/mol. The molecule has 0 bridgehead atoms. The molecule has 2 aliphatic carbocycles. The van der Waals surface area contributed by atoms with Gasteiger partial charge in [-0.25, -0.2) is 0 Å². The second kappa shape index (κ2) is 3.09. The summed E-state index contributed by atoms with van der Waals surface area (Å²) in [6, 6.07) is 0. The molecule has 13 heavy (non-hydrogen) atoms. The SMILES string of the molecule is CC1=C2C(=O)CC[C@H](C=O)[C@H]2CC1. The smallest absolute Gasteiger partial charge is 0.159 e. The second-order valence-electron chi connectivity index (χ2n) is 4.10. The lowest BCUT2D eigenvalue weighted by Crippen LogP contribution is -2.26. The van der Waals surface area contributed by atoms with Gasteiger partial charge in [0.1, 0.15) is 6.29 Å². The van der Waals surface area contributed by atoms with Crippen LogP contribution in [-0.4, -0.2) is 12.1 Å². The zero-order valence-corrected chi connectivity index (χ0v) is 7.88. The first kappa shape index (κ1) is 8.67. The van der Waals surface area contributed by atoms with Crippen LogP contribution in [0.4, 0.5) is 0 Å². The van der Waals surface area contributed by atoms with Gasteiger partial charge in [-0.2, -0.15) is 0 Å². The Balaban J connectivity index is 2.33. The molecule has 0 unspecified atom stereocenters. The Morgan fingerprint density at radius 3 is 2.77 bits per heavy atom. The summed E-state index contributed by atoms with van der Waals surface area (Å²) >= 11 is 0. The van der Waals surface area contributed by atoms with E-state index in [1.165, 1.54) is 5.57 Å². The Hall–Kier alpha value is -0.920. The van der Waals surface area contributed by atoms with Crippen LogP contribution in [0.5, 0.6) is 0 Å². The van der Waals surface area contributed by atoms with Gasteiger partial charge in [-0.15, -0.1) is 0 Å². The summed E-state index contributed by atoms with van der Waals surface area (Å²) < 4.78 is 0. The monoisotopic (exact) mass is 178 g/mol. The number of ketones is 1. The molecule has 2 aliphatic rings. The van der Waals surface area contributed by atoms with Gasteiger partial charge in [0.15, 0.2) is 5.78 Å². The number of Topliss-reactive ketones (excluding diaryl/α,β-unsaturated/α-hetero) is 1. The van der Waals surface area contributed by atoms with Crippen molar-refractivity contribution in [3.8, 4) is 0 Å². The predicted octanol–water partition coefficient (Wildman–Crippen LogP) is 1.89. The van der Waals surface area contributed by atoms with Crippen molar-refractivity contribution in [1.29, 1.82) is 0 Å². The highest BCUT2D eigenvalue weighted by molar-refractivity contribution is 5.98. The van der Waals surface area contributed by atoms with Crippen LogP contribution in [0, 0.1) is 11.8 Å². The number of carbonyl (C=O) groups is 2. The maximum Gasteiger partial charge on any atom is 0.159 e. The molecule has 0 heterocycles. The number of allylic oxidation sites excluding steroid dienone is 2. The van der Waals surface area contributed by atoms with Crippen molar-refractivity contribution in [3.05, 3.63) is 11.1 Å².